The zero-order valence-corrected chi connectivity index (χ0v) is 16.9. The highest BCUT2D eigenvalue weighted by Gasteiger charge is 2.13. The van der Waals surface area contributed by atoms with Gasteiger partial charge in [0.1, 0.15) is 11.5 Å². The fourth-order valence-electron chi connectivity index (χ4n) is 3.00. The van der Waals surface area contributed by atoms with E-state index in [2.05, 4.69) is 5.32 Å². The second-order valence-corrected chi connectivity index (χ2v) is 6.66. The molecule has 0 unspecified atom stereocenters. The molecule has 5 nitrogen and oxygen atoms in total. The first kappa shape index (κ1) is 20.4. The molecule has 0 saturated carbocycles. The first-order chi connectivity index (χ1) is 14.1. The third-order valence-corrected chi connectivity index (χ3v) is 4.51. The number of nitrogens with one attached hydrogen (secondary N) is 1. The van der Waals surface area contributed by atoms with Crippen molar-refractivity contribution in [1.82, 2.24) is 0 Å². The van der Waals surface area contributed by atoms with E-state index in [1.807, 2.05) is 55.5 Å². The number of ether oxygens (including phenoxy) is 3. The number of benzene rings is 3. The minimum atomic E-state index is -0.221. The predicted molar refractivity (Wildman–Crippen MR) is 114 cm³/mol. The van der Waals surface area contributed by atoms with Crippen LogP contribution in [0.2, 0.25) is 0 Å². The van der Waals surface area contributed by atoms with Crippen LogP contribution in [0.1, 0.15) is 27.0 Å². The van der Waals surface area contributed by atoms with Crippen LogP contribution in [0.4, 0.5) is 5.69 Å². The molecule has 0 radical (unpaired) electrons. The molecule has 0 aliphatic rings. The molecule has 0 heterocycles. The van der Waals surface area contributed by atoms with Gasteiger partial charge in [0, 0.05) is 11.1 Å². The number of amides is 1. The van der Waals surface area contributed by atoms with E-state index < -0.39 is 0 Å². The quantitative estimate of drug-likeness (QED) is 0.588. The molecule has 150 valence electrons. The number of carbonyl (C=O) groups excluding carboxylic acids is 1. The lowest BCUT2D eigenvalue weighted by Gasteiger charge is -2.13. The maximum atomic E-state index is 12.8. The van der Waals surface area contributed by atoms with Gasteiger partial charge in [0.15, 0.2) is 0 Å². The van der Waals surface area contributed by atoms with E-state index in [1.165, 1.54) is 0 Å². The summed E-state index contributed by atoms with van der Waals surface area (Å²) in [7, 11) is 3.18. The van der Waals surface area contributed by atoms with E-state index in [0.29, 0.717) is 36.0 Å². The van der Waals surface area contributed by atoms with Crippen LogP contribution in [0.5, 0.6) is 11.5 Å². The molecule has 3 rings (SSSR count). The molecule has 0 bridgehead atoms. The van der Waals surface area contributed by atoms with Crippen molar-refractivity contribution in [3.8, 4) is 11.5 Å². The molecule has 29 heavy (non-hydrogen) atoms. The fourth-order valence-corrected chi connectivity index (χ4v) is 3.00. The maximum Gasteiger partial charge on any atom is 0.255 e. The molecule has 1 amide bonds. The predicted octanol–water partition coefficient (Wildman–Crippen LogP) is 4.98. The SMILES string of the molecule is COc1ccc(C(=O)Nc2cc(C)ccc2OC)cc1COCc1ccccc1. The largest absolute Gasteiger partial charge is 0.496 e. The third-order valence-electron chi connectivity index (χ3n) is 4.51. The Hall–Kier alpha value is -3.31. The topological polar surface area (TPSA) is 56.8 Å². The van der Waals surface area contributed by atoms with Gasteiger partial charge in [-0.25, -0.2) is 0 Å². The molecule has 3 aromatic rings. The van der Waals surface area contributed by atoms with E-state index in [0.717, 1.165) is 16.7 Å². The fraction of sp³-hybridized carbons (Fsp3) is 0.208. The van der Waals surface area contributed by atoms with E-state index in [4.69, 9.17) is 14.2 Å². The Morgan fingerprint density at radius 2 is 1.59 bits per heavy atom. The number of rotatable bonds is 8. The Morgan fingerprint density at radius 3 is 2.31 bits per heavy atom. The Kier molecular flexibility index (Phi) is 6.87. The number of carbonyl (C=O) groups is 1. The molecule has 0 atom stereocenters. The average molecular weight is 391 g/mol. The van der Waals surface area contributed by atoms with E-state index in [-0.39, 0.29) is 5.91 Å². The van der Waals surface area contributed by atoms with E-state index >= 15 is 0 Å². The maximum absolute atomic E-state index is 12.8. The van der Waals surface area contributed by atoms with Crippen molar-refractivity contribution in [2.45, 2.75) is 20.1 Å². The Balaban J connectivity index is 1.73. The molecule has 0 aromatic heterocycles. The van der Waals surface area contributed by atoms with Crippen LogP contribution in [0.15, 0.2) is 66.7 Å². The van der Waals surface area contributed by atoms with E-state index in [1.54, 1.807) is 32.4 Å². The summed E-state index contributed by atoms with van der Waals surface area (Å²) in [5, 5.41) is 2.92. The minimum absolute atomic E-state index is 0.221. The van der Waals surface area contributed by atoms with Crippen LogP contribution in [-0.4, -0.2) is 20.1 Å². The summed E-state index contributed by atoms with van der Waals surface area (Å²) in [6.45, 7) is 2.79. The zero-order chi connectivity index (χ0) is 20.6. The summed E-state index contributed by atoms with van der Waals surface area (Å²) in [5.74, 6) is 1.08. The molecular formula is C24H25NO4. The van der Waals surface area contributed by atoms with Gasteiger partial charge in [-0.2, -0.15) is 0 Å². The monoisotopic (exact) mass is 391 g/mol. The van der Waals surface area contributed by atoms with Gasteiger partial charge in [0.2, 0.25) is 0 Å². The molecule has 0 spiro atoms. The lowest BCUT2D eigenvalue weighted by Crippen LogP contribution is -2.13. The number of hydrogen-bond acceptors (Lipinski definition) is 4. The van der Waals surface area contributed by atoms with Crippen LogP contribution in [-0.2, 0) is 18.0 Å². The average Bonchev–Trinajstić information content (AvgIpc) is 2.74. The van der Waals surface area contributed by atoms with Crippen LogP contribution in [0.3, 0.4) is 0 Å². The van der Waals surface area contributed by atoms with Crippen molar-refractivity contribution in [2.24, 2.45) is 0 Å². The van der Waals surface area contributed by atoms with Gasteiger partial charge in [-0.3, -0.25) is 4.79 Å². The van der Waals surface area contributed by atoms with Gasteiger partial charge in [0.05, 0.1) is 33.1 Å². The van der Waals surface area contributed by atoms with Crippen LogP contribution < -0.4 is 14.8 Å². The van der Waals surface area contributed by atoms with Gasteiger partial charge in [-0.05, 0) is 48.4 Å². The van der Waals surface area contributed by atoms with Crippen molar-refractivity contribution >= 4 is 11.6 Å². The van der Waals surface area contributed by atoms with Crippen LogP contribution in [0.25, 0.3) is 0 Å². The third kappa shape index (κ3) is 5.36. The standard InChI is InChI=1S/C24H25NO4/c1-17-9-11-23(28-3)21(13-17)25-24(26)19-10-12-22(27-2)20(14-19)16-29-15-18-7-5-4-6-8-18/h4-14H,15-16H2,1-3H3,(H,25,26). The van der Waals surface area contributed by atoms with Crippen molar-refractivity contribution in [2.75, 3.05) is 19.5 Å². The number of methoxy groups -OCH3 is 2. The highest BCUT2D eigenvalue weighted by atomic mass is 16.5. The zero-order valence-electron chi connectivity index (χ0n) is 16.9. The molecule has 3 aromatic carbocycles. The number of hydrogen-bond donors (Lipinski definition) is 1. The second-order valence-electron chi connectivity index (χ2n) is 6.66. The molecular weight excluding hydrogens is 366 g/mol. The van der Waals surface area contributed by atoms with Crippen molar-refractivity contribution < 1.29 is 19.0 Å². The lowest BCUT2D eigenvalue weighted by atomic mass is 10.1. The Labute approximate surface area is 171 Å². The van der Waals surface area contributed by atoms with Gasteiger partial charge in [0.25, 0.3) is 5.91 Å². The van der Waals surface area contributed by atoms with Crippen LogP contribution >= 0.6 is 0 Å². The lowest BCUT2D eigenvalue weighted by molar-refractivity contribution is 0.102. The summed E-state index contributed by atoms with van der Waals surface area (Å²) in [6.07, 6.45) is 0. The van der Waals surface area contributed by atoms with Crippen LogP contribution in [0, 0.1) is 6.92 Å². The molecule has 0 aliphatic heterocycles. The van der Waals surface area contributed by atoms with Crippen molar-refractivity contribution in [1.29, 1.82) is 0 Å². The summed E-state index contributed by atoms with van der Waals surface area (Å²) >= 11 is 0. The Bertz CT molecular complexity index is 970. The summed E-state index contributed by atoms with van der Waals surface area (Å²) in [4.78, 5) is 12.8. The normalized spacial score (nSPS) is 10.4. The molecule has 0 saturated heterocycles. The number of aryl methyl sites for hydroxylation is 1. The van der Waals surface area contributed by atoms with Gasteiger partial charge in [-0.15, -0.1) is 0 Å². The molecule has 1 N–H and O–H groups in total. The number of anilines is 1. The molecule has 5 heteroatoms. The Morgan fingerprint density at radius 1 is 0.862 bits per heavy atom. The highest BCUT2D eigenvalue weighted by molar-refractivity contribution is 6.05. The second kappa shape index (κ2) is 9.75. The first-order valence-corrected chi connectivity index (χ1v) is 9.35. The smallest absolute Gasteiger partial charge is 0.255 e. The minimum Gasteiger partial charge on any atom is -0.496 e. The summed E-state index contributed by atoms with van der Waals surface area (Å²) in [5.41, 5.74) is 4.09. The van der Waals surface area contributed by atoms with Gasteiger partial charge in [-0.1, -0.05) is 36.4 Å². The summed E-state index contributed by atoms with van der Waals surface area (Å²) in [6, 6.07) is 20.9. The first-order valence-electron chi connectivity index (χ1n) is 9.35. The van der Waals surface area contributed by atoms with Crippen molar-refractivity contribution in [3.63, 3.8) is 0 Å². The highest BCUT2D eigenvalue weighted by Crippen LogP contribution is 2.27. The van der Waals surface area contributed by atoms with Crippen molar-refractivity contribution in [3.05, 3.63) is 89.0 Å². The van der Waals surface area contributed by atoms with Gasteiger partial charge >= 0.3 is 0 Å². The molecule has 0 fully saturated rings. The molecule has 0 aliphatic carbocycles. The summed E-state index contributed by atoms with van der Waals surface area (Å²) < 4.78 is 16.6. The van der Waals surface area contributed by atoms with Gasteiger partial charge < -0.3 is 19.5 Å². The van der Waals surface area contributed by atoms with E-state index in [9.17, 15) is 4.79 Å².